The van der Waals surface area contributed by atoms with Crippen LogP contribution in [0, 0.1) is 13.8 Å². The lowest BCUT2D eigenvalue weighted by molar-refractivity contribution is 0.400. The predicted molar refractivity (Wildman–Crippen MR) is 71.5 cm³/mol. The number of hydrogen-bond acceptors (Lipinski definition) is 6. The molecule has 6 nitrogen and oxygen atoms in total. The van der Waals surface area contributed by atoms with Crippen molar-refractivity contribution in [3.05, 3.63) is 29.4 Å². The summed E-state index contributed by atoms with van der Waals surface area (Å²) in [4.78, 5) is 9.10. The molecule has 3 heterocycles. The van der Waals surface area contributed by atoms with E-state index >= 15 is 0 Å². The molecule has 0 spiro atoms. The molecule has 1 fully saturated rings. The standard InChI is InChI=1S/C13H17N5O/c1-8-5-11(16-12-6-9(2)19-18-12)17-13(15-8)10-3-4-14-7-10/h5-6,10,14H,3-4,7H2,1-2H3,(H,15,16,17,18)/t10-/m0/s1. The Hall–Kier alpha value is -1.95. The Bertz CT molecular complexity index is 574. The second kappa shape index (κ2) is 4.97. The van der Waals surface area contributed by atoms with E-state index in [2.05, 4.69) is 25.8 Å². The van der Waals surface area contributed by atoms with E-state index in [4.69, 9.17) is 4.52 Å². The van der Waals surface area contributed by atoms with Gasteiger partial charge in [0, 0.05) is 30.3 Å². The van der Waals surface area contributed by atoms with Gasteiger partial charge in [-0.3, -0.25) is 0 Å². The fraction of sp³-hybridized carbons (Fsp3) is 0.462. The maximum absolute atomic E-state index is 5.03. The van der Waals surface area contributed by atoms with Crippen molar-refractivity contribution in [1.82, 2.24) is 20.4 Å². The van der Waals surface area contributed by atoms with E-state index in [1.54, 1.807) is 0 Å². The van der Waals surface area contributed by atoms with E-state index in [9.17, 15) is 0 Å². The van der Waals surface area contributed by atoms with E-state index in [1.807, 2.05) is 26.0 Å². The van der Waals surface area contributed by atoms with Gasteiger partial charge >= 0.3 is 0 Å². The molecule has 19 heavy (non-hydrogen) atoms. The van der Waals surface area contributed by atoms with Gasteiger partial charge in [-0.25, -0.2) is 9.97 Å². The molecule has 3 rings (SSSR count). The van der Waals surface area contributed by atoms with Gasteiger partial charge in [-0.1, -0.05) is 5.16 Å². The number of aryl methyl sites for hydroxylation is 2. The smallest absolute Gasteiger partial charge is 0.175 e. The third-order valence-corrected chi connectivity index (χ3v) is 3.18. The third kappa shape index (κ3) is 2.73. The van der Waals surface area contributed by atoms with Crippen molar-refractivity contribution in [3.8, 4) is 0 Å². The normalized spacial score (nSPS) is 18.7. The van der Waals surface area contributed by atoms with Gasteiger partial charge in [0.05, 0.1) is 0 Å². The zero-order valence-electron chi connectivity index (χ0n) is 11.1. The Labute approximate surface area is 111 Å². The quantitative estimate of drug-likeness (QED) is 0.876. The number of aromatic nitrogens is 3. The molecule has 0 aromatic carbocycles. The van der Waals surface area contributed by atoms with Gasteiger partial charge in [0.15, 0.2) is 5.82 Å². The molecule has 0 aliphatic carbocycles. The minimum atomic E-state index is 0.402. The molecule has 2 aromatic rings. The summed E-state index contributed by atoms with van der Waals surface area (Å²) in [6, 6.07) is 3.75. The first-order valence-corrected chi connectivity index (χ1v) is 6.47. The van der Waals surface area contributed by atoms with Crippen LogP contribution in [0.3, 0.4) is 0 Å². The lowest BCUT2D eigenvalue weighted by atomic mass is 10.1. The summed E-state index contributed by atoms with van der Waals surface area (Å²) in [6.45, 7) is 5.82. The molecule has 0 radical (unpaired) electrons. The van der Waals surface area contributed by atoms with Gasteiger partial charge in [-0.2, -0.15) is 0 Å². The minimum Gasteiger partial charge on any atom is -0.360 e. The zero-order chi connectivity index (χ0) is 13.2. The van der Waals surface area contributed by atoms with Crippen LogP contribution in [-0.4, -0.2) is 28.2 Å². The van der Waals surface area contributed by atoms with Crippen molar-refractivity contribution in [2.45, 2.75) is 26.2 Å². The molecule has 0 bridgehead atoms. The Balaban J connectivity index is 1.84. The summed E-state index contributed by atoms with van der Waals surface area (Å²) < 4.78 is 5.03. The first-order chi connectivity index (χ1) is 9.20. The van der Waals surface area contributed by atoms with Crippen molar-refractivity contribution in [3.63, 3.8) is 0 Å². The van der Waals surface area contributed by atoms with Crippen molar-refractivity contribution in [1.29, 1.82) is 0 Å². The largest absolute Gasteiger partial charge is 0.360 e. The average molecular weight is 259 g/mol. The molecule has 1 atom stereocenters. The second-order valence-electron chi connectivity index (χ2n) is 4.89. The van der Waals surface area contributed by atoms with Crippen molar-refractivity contribution < 1.29 is 4.52 Å². The molecule has 1 aliphatic rings. The number of nitrogens with one attached hydrogen (secondary N) is 2. The zero-order valence-corrected chi connectivity index (χ0v) is 11.1. The summed E-state index contributed by atoms with van der Waals surface area (Å²) >= 11 is 0. The van der Waals surface area contributed by atoms with Crippen LogP contribution in [0.4, 0.5) is 11.6 Å². The van der Waals surface area contributed by atoms with Gasteiger partial charge in [0.25, 0.3) is 0 Å². The highest BCUT2D eigenvalue weighted by Crippen LogP contribution is 2.22. The number of anilines is 2. The topological polar surface area (TPSA) is 75.9 Å². The first kappa shape index (κ1) is 12.1. The van der Waals surface area contributed by atoms with Gasteiger partial charge < -0.3 is 15.2 Å². The SMILES string of the molecule is Cc1cc(Nc2cc(C)on2)nc([C@H]2CCNC2)n1. The summed E-state index contributed by atoms with van der Waals surface area (Å²) in [5.41, 5.74) is 0.958. The first-order valence-electron chi connectivity index (χ1n) is 6.47. The number of rotatable bonds is 3. The van der Waals surface area contributed by atoms with Crippen LogP contribution in [0.25, 0.3) is 0 Å². The van der Waals surface area contributed by atoms with Crippen LogP contribution in [0.15, 0.2) is 16.7 Å². The van der Waals surface area contributed by atoms with E-state index in [0.29, 0.717) is 11.7 Å². The second-order valence-corrected chi connectivity index (χ2v) is 4.89. The van der Waals surface area contributed by atoms with E-state index < -0.39 is 0 Å². The fourth-order valence-corrected chi connectivity index (χ4v) is 2.27. The molecule has 6 heteroatoms. The molecular weight excluding hydrogens is 242 g/mol. The lowest BCUT2D eigenvalue weighted by Crippen LogP contribution is -2.11. The van der Waals surface area contributed by atoms with Crippen LogP contribution in [-0.2, 0) is 0 Å². The van der Waals surface area contributed by atoms with Crippen LogP contribution < -0.4 is 10.6 Å². The monoisotopic (exact) mass is 259 g/mol. The van der Waals surface area contributed by atoms with Crippen molar-refractivity contribution in [2.24, 2.45) is 0 Å². The molecule has 0 unspecified atom stereocenters. The fourth-order valence-electron chi connectivity index (χ4n) is 2.27. The van der Waals surface area contributed by atoms with Crippen LogP contribution in [0.5, 0.6) is 0 Å². The van der Waals surface area contributed by atoms with Gasteiger partial charge in [0.2, 0.25) is 0 Å². The van der Waals surface area contributed by atoms with Gasteiger partial charge in [0.1, 0.15) is 17.4 Å². The highest BCUT2D eigenvalue weighted by atomic mass is 16.5. The average Bonchev–Trinajstić information content (AvgIpc) is 3.00. The molecule has 0 amide bonds. The molecule has 1 aliphatic heterocycles. The van der Waals surface area contributed by atoms with Crippen LogP contribution >= 0.6 is 0 Å². The van der Waals surface area contributed by atoms with Gasteiger partial charge in [-0.15, -0.1) is 0 Å². The summed E-state index contributed by atoms with van der Waals surface area (Å²) in [7, 11) is 0. The predicted octanol–water partition coefficient (Wildman–Crippen LogP) is 1.90. The Morgan fingerprint density at radius 3 is 2.84 bits per heavy atom. The van der Waals surface area contributed by atoms with Crippen LogP contribution in [0.2, 0.25) is 0 Å². The number of hydrogen-bond donors (Lipinski definition) is 2. The third-order valence-electron chi connectivity index (χ3n) is 3.18. The molecule has 2 aromatic heterocycles. The van der Waals surface area contributed by atoms with Crippen molar-refractivity contribution >= 4 is 11.6 Å². The summed E-state index contributed by atoms with van der Waals surface area (Å²) in [5, 5.41) is 10.4. The number of nitrogens with zero attached hydrogens (tertiary/aromatic N) is 3. The summed E-state index contributed by atoms with van der Waals surface area (Å²) in [5.74, 6) is 3.51. The molecule has 2 N–H and O–H groups in total. The maximum Gasteiger partial charge on any atom is 0.175 e. The summed E-state index contributed by atoms with van der Waals surface area (Å²) in [6.07, 6.45) is 1.09. The van der Waals surface area contributed by atoms with E-state index in [-0.39, 0.29) is 0 Å². The van der Waals surface area contributed by atoms with E-state index in [1.165, 1.54) is 0 Å². The van der Waals surface area contributed by atoms with Crippen LogP contribution in [0.1, 0.15) is 29.6 Å². The lowest BCUT2D eigenvalue weighted by Gasteiger charge is -2.10. The molecule has 1 saturated heterocycles. The van der Waals surface area contributed by atoms with E-state index in [0.717, 1.165) is 42.6 Å². The highest BCUT2D eigenvalue weighted by Gasteiger charge is 2.20. The Kier molecular flexibility index (Phi) is 3.16. The maximum atomic E-state index is 5.03. The van der Waals surface area contributed by atoms with Gasteiger partial charge in [-0.05, 0) is 26.8 Å². The van der Waals surface area contributed by atoms with Crippen molar-refractivity contribution in [2.75, 3.05) is 18.4 Å². The molecule has 100 valence electrons. The highest BCUT2D eigenvalue weighted by molar-refractivity contribution is 5.51. The molecule has 0 saturated carbocycles. The Morgan fingerprint density at radius 1 is 1.26 bits per heavy atom. The Morgan fingerprint density at radius 2 is 2.16 bits per heavy atom. The molecular formula is C13H17N5O. The minimum absolute atomic E-state index is 0.402.